The van der Waals surface area contributed by atoms with E-state index in [-0.39, 0.29) is 0 Å². The second-order valence-corrected chi connectivity index (χ2v) is 5.69. The Morgan fingerprint density at radius 1 is 0.750 bits per heavy atom. The number of hydrogen-bond acceptors (Lipinski definition) is 2. The van der Waals surface area contributed by atoms with Gasteiger partial charge >= 0.3 is 0 Å². The summed E-state index contributed by atoms with van der Waals surface area (Å²) in [4.78, 5) is 0. The van der Waals surface area contributed by atoms with Crippen LogP contribution in [0.1, 0.15) is 5.56 Å². The lowest BCUT2D eigenvalue weighted by Gasteiger charge is -2.13. The van der Waals surface area contributed by atoms with Crippen LogP contribution in [0.3, 0.4) is 0 Å². The minimum atomic E-state index is 0.700. The summed E-state index contributed by atoms with van der Waals surface area (Å²) in [5.41, 5.74) is 2.66. The first-order valence-electron chi connectivity index (χ1n) is 7.81. The summed E-state index contributed by atoms with van der Waals surface area (Å²) in [7, 11) is 1.68. The van der Waals surface area contributed by atoms with Crippen molar-refractivity contribution >= 4 is 21.5 Å². The summed E-state index contributed by atoms with van der Waals surface area (Å²) in [6.45, 7) is 0. The maximum Gasteiger partial charge on any atom is 0.127 e. The first kappa shape index (κ1) is 14.3. The molecule has 0 aliphatic heterocycles. The van der Waals surface area contributed by atoms with Crippen LogP contribution < -0.4 is 4.74 Å². The fraction of sp³-hybridized carbons (Fsp3) is 0.0455. The molecule has 0 spiro atoms. The van der Waals surface area contributed by atoms with Crippen molar-refractivity contribution in [2.75, 3.05) is 7.11 Å². The van der Waals surface area contributed by atoms with Crippen molar-refractivity contribution in [3.05, 3.63) is 78.4 Å². The first-order chi connectivity index (χ1) is 11.8. The monoisotopic (exact) mass is 309 g/mol. The Morgan fingerprint density at radius 2 is 1.50 bits per heavy atom. The molecule has 0 saturated heterocycles. The predicted molar refractivity (Wildman–Crippen MR) is 98.2 cm³/mol. The largest absolute Gasteiger partial charge is 0.496 e. The fourth-order valence-corrected chi connectivity index (χ4v) is 3.32. The molecule has 0 bridgehead atoms. The Labute approximate surface area is 140 Å². The van der Waals surface area contributed by atoms with Crippen molar-refractivity contribution < 1.29 is 4.74 Å². The van der Waals surface area contributed by atoms with E-state index in [1.807, 2.05) is 48.5 Å². The SMILES string of the molecule is COc1cccc2cccc(-c3ccc4ccccc4c3C#N)c12. The molecule has 0 unspecified atom stereocenters. The van der Waals surface area contributed by atoms with Crippen LogP contribution >= 0.6 is 0 Å². The number of fused-ring (bicyclic) bond motifs is 2. The second kappa shape index (κ2) is 5.72. The van der Waals surface area contributed by atoms with Crippen LogP contribution in [0.5, 0.6) is 5.75 Å². The molecule has 0 N–H and O–H groups in total. The zero-order valence-electron chi connectivity index (χ0n) is 13.3. The number of rotatable bonds is 2. The summed E-state index contributed by atoms with van der Waals surface area (Å²) >= 11 is 0. The van der Waals surface area contributed by atoms with E-state index in [1.54, 1.807) is 7.11 Å². The highest BCUT2D eigenvalue weighted by molar-refractivity contribution is 6.04. The Kier molecular flexibility index (Phi) is 3.40. The lowest BCUT2D eigenvalue weighted by Crippen LogP contribution is -1.91. The van der Waals surface area contributed by atoms with Crippen molar-refractivity contribution in [2.24, 2.45) is 0 Å². The molecule has 0 fully saturated rings. The van der Waals surface area contributed by atoms with E-state index in [9.17, 15) is 5.26 Å². The molecule has 0 aliphatic carbocycles. The van der Waals surface area contributed by atoms with Crippen molar-refractivity contribution in [3.8, 4) is 22.9 Å². The highest BCUT2D eigenvalue weighted by Gasteiger charge is 2.14. The Bertz CT molecular complexity index is 1100. The van der Waals surface area contributed by atoms with E-state index in [1.165, 1.54) is 0 Å². The Hall–Kier alpha value is -3.31. The summed E-state index contributed by atoms with van der Waals surface area (Å²) in [5.74, 6) is 0.820. The molecule has 4 aromatic carbocycles. The van der Waals surface area contributed by atoms with Gasteiger partial charge in [0.2, 0.25) is 0 Å². The average Bonchev–Trinajstić information content (AvgIpc) is 2.66. The van der Waals surface area contributed by atoms with Crippen LogP contribution in [0, 0.1) is 11.3 Å². The zero-order valence-corrected chi connectivity index (χ0v) is 13.3. The van der Waals surface area contributed by atoms with E-state index in [0.29, 0.717) is 5.56 Å². The van der Waals surface area contributed by atoms with Crippen molar-refractivity contribution in [2.45, 2.75) is 0 Å². The minimum absolute atomic E-state index is 0.700. The molecule has 0 atom stereocenters. The molecule has 0 aliphatic rings. The van der Waals surface area contributed by atoms with Gasteiger partial charge in [0.15, 0.2) is 0 Å². The second-order valence-electron chi connectivity index (χ2n) is 5.69. The van der Waals surface area contributed by atoms with Gasteiger partial charge in [-0.3, -0.25) is 0 Å². The van der Waals surface area contributed by atoms with Crippen LogP contribution in [-0.2, 0) is 0 Å². The molecule has 114 valence electrons. The molecule has 2 nitrogen and oxygen atoms in total. The predicted octanol–water partition coefficient (Wildman–Crippen LogP) is 5.54. The van der Waals surface area contributed by atoms with E-state index < -0.39 is 0 Å². The summed E-state index contributed by atoms with van der Waals surface area (Å²) in [5, 5.41) is 14.0. The van der Waals surface area contributed by atoms with Gasteiger partial charge in [-0.2, -0.15) is 5.26 Å². The van der Waals surface area contributed by atoms with Crippen molar-refractivity contribution in [3.63, 3.8) is 0 Å². The lowest BCUT2D eigenvalue weighted by atomic mass is 9.91. The summed E-state index contributed by atoms with van der Waals surface area (Å²) in [6.07, 6.45) is 0. The highest BCUT2D eigenvalue weighted by atomic mass is 16.5. The molecule has 2 heteroatoms. The van der Waals surface area contributed by atoms with E-state index in [4.69, 9.17) is 4.74 Å². The molecule has 0 heterocycles. The number of ether oxygens (including phenoxy) is 1. The third-order valence-corrected chi connectivity index (χ3v) is 4.42. The molecule has 0 saturated carbocycles. The number of benzene rings is 4. The van der Waals surface area contributed by atoms with Crippen LogP contribution in [0.15, 0.2) is 72.8 Å². The van der Waals surface area contributed by atoms with E-state index in [0.717, 1.165) is 38.4 Å². The van der Waals surface area contributed by atoms with Gasteiger partial charge in [-0.05, 0) is 22.4 Å². The zero-order chi connectivity index (χ0) is 16.5. The van der Waals surface area contributed by atoms with Crippen molar-refractivity contribution in [1.82, 2.24) is 0 Å². The maximum absolute atomic E-state index is 9.80. The molecular weight excluding hydrogens is 294 g/mol. The van der Waals surface area contributed by atoms with Gasteiger partial charge in [-0.25, -0.2) is 0 Å². The van der Waals surface area contributed by atoms with Crippen molar-refractivity contribution in [1.29, 1.82) is 5.26 Å². The normalized spacial score (nSPS) is 10.7. The number of hydrogen-bond donors (Lipinski definition) is 0. The third-order valence-electron chi connectivity index (χ3n) is 4.42. The van der Waals surface area contributed by atoms with Gasteiger partial charge in [0.1, 0.15) is 11.8 Å². The lowest BCUT2D eigenvalue weighted by molar-refractivity contribution is 0.420. The van der Waals surface area contributed by atoms with Crippen LogP contribution in [-0.4, -0.2) is 7.11 Å². The average molecular weight is 309 g/mol. The Balaban J connectivity index is 2.13. The number of nitrogens with zero attached hydrogens (tertiary/aromatic N) is 1. The topological polar surface area (TPSA) is 33.0 Å². The molecule has 4 rings (SSSR count). The third kappa shape index (κ3) is 2.11. The summed E-state index contributed by atoms with van der Waals surface area (Å²) < 4.78 is 5.57. The smallest absolute Gasteiger partial charge is 0.127 e. The van der Waals surface area contributed by atoms with E-state index in [2.05, 4.69) is 30.3 Å². The van der Waals surface area contributed by atoms with Gasteiger partial charge in [-0.15, -0.1) is 0 Å². The van der Waals surface area contributed by atoms with Gasteiger partial charge in [-0.1, -0.05) is 66.7 Å². The van der Waals surface area contributed by atoms with E-state index >= 15 is 0 Å². The Morgan fingerprint density at radius 3 is 2.29 bits per heavy atom. The van der Waals surface area contributed by atoms with Gasteiger partial charge in [0.25, 0.3) is 0 Å². The standard InChI is InChI=1S/C22H15NO/c1-24-21-11-5-8-16-7-4-10-19(22(16)21)18-13-12-15-6-2-3-9-17(15)20(18)14-23/h2-13H,1H3. The molecule has 4 aromatic rings. The molecular formula is C22H15NO. The first-order valence-corrected chi connectivity index (χ1v) is 7.81. The van der Waals surface area contributed by atoms with Crippen LogP contribution in [0.2, 0.25) is 0 Å². The quantitative estimate of drug-likeness (QED) is 0.487. The molecule has 0 amide bonds. The van der Waals surface area contributed by atoms with Gasteiger partial charge in [0, 0.05) is 16.3 Å². The van der Waals surface area contributed by atoms with Crippen LogP contribution in [0.25, 0.3) is 32.7 Å². The fourth-order valence-electron chi connectivity index (χ4n) is 3.32. The molecule has 0 radical (unpaired) electrons. The molecule has 0 aromatic heterocycles. The van der Waals surface area contributed by atoms with Gasteiger partial charge < -0.3 is 4.74 Å². The number of nitriles is 1. The number of methoxy groups -OCH3 is 1. The molecule has 24 heavy (non-hydrogen) atoms. The van der Waals surface area contributed by atoms with Crippen LogP contribution in [0.4, 0.5) is 0 Å². The van der Waals surface area contributed by atoms with Gasteiger partial charge in [0.05, 0.1) is 12.7 Å². The minimum Gasteiger partial charge on any atom is -0.496 e. The maximum atomic E-state index is 9.80. The highest BCUT2D eigenvalue weighted by Crippen LogP contribution is 2.38. The summed E-state index contributed by atoms with van der Waals surface area (Å²) in [6, 6.07) is 26.6.